The van der Waals surface area contributed by atoms with Gasteiger partial charge in [-0.25, -0.2) is 0 Å². The van der Waals surface area contributed by atoms with Crippen LogP contribution in [0.4, 0.5) is 0 Å². The number of rotatable bonds is 8. The molecule has 2 rings (SSSR count). The number of aryl methyl sites for hydroxylation is 2. The topological polar surface area (TPSA) is 35.5 Å². The summed E-state index contributed by atoms with van der Waals surface area (Å²) in [7, 11) is 0. The van der Waals surface area contributed by atoms with Crippen molar-refractivity contribution in [2.75, 3.05) is 6.61 Å². The number of ether oxygens (including phenoxy) is 2. The molecule has 0 aliphatic carbocycles. The van der Waals surface area contributed by atoms with E-state index in [1.807, 2.05) is 37.3 Å². The average molecular weight is 312 g/mol. The SMILES string of the molecule is CCOc1cc(CCC(C)=O)ccc1OCc1ccccc1C. The summed E-state index contributed by atoms with van der Waals surface area (Å²) in [6, 6.07) is 14.1. The maximum absolute atomic E-state index is 11.1. The van der Waals surface area contributed by atoms with Crippen LogP contribution in [0.5, 0.6) is 11.5 Å². The first kappa shape index (κ1) is 17.1. The number of benzene rings is 2. The lowest BCUT2D eigenvalue weighted by atomic mass is 10.1. The second-order valence-electron chi connectivity index (χ2n) is 5.63. The summed E-state index contributed by atoms with van der Waals surface area (Å²) < 4.78 is 11.6. The first-order valence-corrected chi connectivity index (χ1v) is 8.02. The second kappa shape index (κ2) is 8.37. The predicted molar refractivity (Wildman–Crippen MR) is 92.1 cm³/mol. The van der Waals surface area contributed by atoms with E-state index in [1.165, 1.54) is 5.56 Å². The van der Waals surface area contributed by atoms with E-state index < -0.39 is 0 Å². The molecule has 0 unspecified atom stereocenters. The molecule has 0 bridgehead atoms. The maximum Gasteiger partial charge on any atom is 0.161 e. The summed E-state index contributed by atoms with van der Waals surface area (Å²) in [5.41, 5.74) is 3.46. The molecule has 122 valence electrons. The average Bonchev–Trinajstić information content (AvgIpc) is 2.53. The lowest BCUT2D eigenvalue weighted by molar-refractivity contribution is -0.116. The fourth-order valence-electron chi connectivity index (χ4n) is 2.34. The predicted octanol–water partition coefficient (Wildman–Crippen LogP) is 4.49. The molecule has 23 heavy (non-hydrogen) atoms. The molecule has 3 heteroatoms. The van der Waals surface area contributed by atoms with Crippen LogP contribution >= 0.6 is 0 Å². The molecule has 0 atom stereocenters. The highest BCUT2D eigenvalue weighted by atomic mass is 16.5. The van der Waals surface area contributed by atoms with E-state index in [4.69, 9.17) is 9.47 Å². The van der Waals surface area contributed by atoms with Crippen LogP contribution in [0.1, 0.15) is 37.0 Å². The van der Waals surface area contributed by atoms with Gasteiger partial charge in [0.1, 0.15) is 12.4 Å². The molecule has 3 nitrogen and oxygen atoms in total. The third kappa shape index (κ3) is 5.13. The Hall–Kier alpha value is -2.29. The van der Waals surface area contributed by atoms with Gasteiger partial charge in [-0.05, 0) is 56.0 Å². The standard InChI is InChI=1S/C20H24O3/c1-4-22-20-13-17(10-9-16(3)21)11-12-19(20)23-14-18-8-6-5-7-15(18)2/h5-8,11-13H,4,9-10,14H2,1-3H3. The van der Waals surface area contributed by atoms with E-state index in [0.717, 1.165) is 29.0 Å². The highest BCUT2D eigenvalue weighted by Gasteiger charge is 2.08. The second-order valence-corrected chi connectivity index (χ2v) is 5.63. The van der Waals surface area contributed by atoms with Gasteiger partial charge in [-0.3, -0.25) is 0 Å². The molecule has 0 aromatic heterocycles. The largest absolute Gasteiger partial charge is 0.490 e. The van der Waals surface area contributed by atoms with Gasteiger partial charge in [-0.1, -0.05) is 30.3 Å². The van der Waals surface area contributed by atoms with Crippen molar-refractivity contribution in [2.45, 2.75) is 40.2 Å². The molecule has 0 heterocycles. The van der Waals surface area contributed by atoms with Crippen molar-refractivity contribution in [1.29, 1.82) is 0 Å². The minimum absolute atomic E-state index is 0.197. The number of Topliss-reactive ketones (excluding diaryl/α,β-unsaturated/α-hetero) is 1. The molecule has 0 radical (unpaired) electrons. The fourth-order valence-corrected chi connectivity index (χ4v) is 2.34. The summed E-state index contributed by atoms with van der Waals surface area (Å²) in [5, 5.41) is 0. The fraction of sp³-hybridized carbons (Fsp3) is 0.350. The first-order chi connectivity index (χ1) is 11.1. The summed E-state index contributed by atoms with van der Waals surface area (Å²) in [6.07, 6.45) is 1.28. The van der Waals surface area contributed by atoms with Crippen molar-refractivity contribution in [3.63, 3.8) is 0 Å². The van der Waals surface area contributed by atoms with E-state index in [-0.39, 0.29) is 5.78 Å². The number of carbonyl (C=O) groups excluding carboxylic acids is 1. The van der Waals surface area contributed by atoms with Crippen molar-refractivity contribution in [3.05, 3.63) is 59.2 Å². The van der Waals surface area contributed by atoms with Crippen LogP contribution in [-0.2, 0) is 17.8 Å². The van der Waals surface area contributed by atoms with Gasteiger partial charge in [-0.15, -0.1) is 0 Å². The van der Waals surface area contributed by atoms with Crippen LogP contribution in [-0.4, -0.2) is 12.4 Å². The van der Waals surface area contributed by atoms with Gasteiger partial charge >= 0.3 is 0 Å². The molecule has 0 amide bonds. The van der Waals surface area contributed by atoms with E-state index in [9.17, 15) is 4.79 Å². The van der Waals surface area contributed by atoms with Gasteiger partial charge in [0.05, 0.1) is 6.61 Å². The Morgan fingerprint density at radius 2 is 1.83 bits per heavy atom. The molecule has 0 fully saturated rings. The van der Waals surface area contributed by atoms with Crippen LogP contribution in [0, 0.1) is 6.92 Å². The maximum atomic E-state index is 11.1. The molecule has 0 N–H and O–H groups in total. The van der Waals surface area contributed by atoms with Gasteiger partial charge in [-0.2, -0.15) is 0 Å². The van der Waals surface area contributed by atoms with Crippen molar-refractivity contribution < 1.29 is 14.3 Å². The van der Waals surface area contributed by atoms with Crippen LogP contribution in [0.2, 0.25) is 0 Å². The number of carbonyl (C=O) groups is 1. The molecule has 2 aromatic carbocycles. The van der Waals surface area contributed by atoms with Gasteiger partial charge in [0, 0.05) is 6.42 Å². The minimum Gasteiger partial charge on any atom is -0.490 e. The van der Waals surface area contributed by atoms with Crippen LogP contribution in [0.3, 0.4) is 0 Å². The van der Waals surface area contributed by atoms with E-state index in [1.54, 1.807) is 6.92 Å². The van der Waals surface area contributed by atoms with E-state index in [0.29, 0.717) is 19.6 Å². The molecule has 0 spiro atoms. The zero-order chi connectivity index (χ0) is 16.7. The summed E-state index contributed by atoms with van der Waals surface area (Å²) in [5.74, 6) is 1.67. The first-order valence-electron chi connectivity index (χ1n) is 8.02. The van der Waals surface area contributed by atoms with Gasteiger partial charge in [0.15, 0.2) is 11.5 Å². The van der Waals surface area contributed by atoms with Gasteiger partial charge in [0.2, 0.25) is 0 Å². The zero-order valence-corrected chi connectivity index (χ0v) is 14.1. The molecular formula is C20H24O3. The smallest absolute Gasteiger partial charge is 0.161 e. The summed E-state index contributed by atoms with van der Waals surface area (Å²) in [6.45, 7) is 6.74. The summed E-state index contributed by atoms with van der Waals surface area (Å²) in [4.78, 5) is 11.1. The number of hydrogen-bond donors (Lipinski definition) is 0. The van der Waals surface area contributed by atoms with E-state index in [2.05, 4.69) is 19.1 Å². The van der Waals surface area contributed by atoms with Crippen LogP contribution < -0.4 is 9.47 Å². The molecular weight excluding hydrogens is 288 g/mol. The summed E-state index contributed by atoms with van der Waals surface area (Å²) >= 11 is 0. The van der Waals surface area contributed by atoms with E-state index >= 15 is 0 Å². The van der Waals surface area contributed by atoms with Gasteiger partial charge < -0.3 is 14.3 Å². The Balaban J connectivity index is 2.10. The molecule has 0 aliphatic rings. The Bertz CT molecular complexity index is 662. The normalized spacial score (nSPS) is 10.4. The quantitative estimate of drug-likeness (QED) is 0.720. The molecule has 0 saturated heterocycles. The van der Waals surface area contributed by atoms with Crippen molar-refractivity contribution >= 4 is 5.78 Å². The Morgan fingerprint density at radius 3 is 2.52 bits per heavy atom. The van der Waals surface area contributed by atoms with Crippen LogP contribution in [0.15, 0.2) is 42.5 Å². The lowest BCUT2D eigenvalue weighted by Crippen LogP contribution is -2.02. The third-order valence-electron chi connectivity index (χ3n) is 3.72. The number of hydrogen-bond acceptors (Lipinski definition) is 3. The third-order valence-corrected chi connectivity index (χ3v) is 3.72. The van der Waals surface area contributed by atoms with Crippen molar-refractivity contribution in [1.82, 2.24) is 0 Å². The molecule has 2 aromatic rings. The Kier molecular flexibility index (Phi) is 6.21. The minimum atomic E-state index is 0.197. The monoisotopic (exact) mass is 312 g/mol. The highest BCUT2D eigenvalue weighted by Crippen LogP contribution is 2.30. The molecule has 0 saturated carbocycles. The molecule has 0 aliphatic heterocycles. The Morgan fingerprint density at radius 1 is 1.04 bits per heavy atom. The van der Waals surface area contributed by atoms with Crippen molar-refractivity contribution in [2.24, 2.45) is 0 Å². The zero-order valence-electron chi connectivity index (χ0n) is 14.1. The highest BCUT2D eigenvalue weighted by molar-refractivity contribution is 5.75. The van der Waals surface area contributed by atoms with Crippen LogP contribution in [0.25, 0.3) is 0 Å². The lowest BCUT2D eigenvalue weighted by Gasteiger charge is -2.14. The van der Waals surface area contributed by atoms with Gasteiger partial charge in [0.25, 0.3) is 0 Å². The van der Waals surface area contributed by atoms with Crippen molar-refractivity contribution in [3.8, 4) is 11.5 Å². The number of ketones is 1. The Labute approximate surface area is 138 Å².